The van der Waals surface area contributed by atoms with Gasteiger partial charge in [0.2, 0.25) is 0 Å². The summed E-state index contributed by atoms with van der Waals surface area (Å²) in [6.07, 6.45) is 0.947. The maximum atomic E-state index is 12.8. The molecule has 0 spiro atoms. The summed E-state index contributed by atoms with van der Waals surface area (Å²) < 4.78 is 11.2. The second-order valence-electron chi connectivity index (χ2n) is 9.53. The largest absolute Gasteiger partial charge is 0.484 e. The molecule has 3 rings (SSSR count). The molecule has 0 heterocycles. The van der Waals surface area contributed by atoms with Crippen molar-refractivity contribution in [2.24, 2.45) is 11.0 Å². The molecule has 0 fully saturated rings. The summed E-state index contributed by atoms with van der Waals surface area (Å²) in [5, 5.41) is 10.2. The number of ether oxygens (including phenoxy) is 2. The highest BCUT2D eigenvalue weighted by atomic mass is 35.5. The van der Waals surface area contributed by atoms with Crippen LogP contribution in [-0.2, 0) is 14.4 Å². The third-order valence-corrected chi connectivity index (χ3v) is 6.13. The molecule has 3 amide bonds. The molecule has 0 bridgehead atoms. The molecule has 0 saturated heterocycles. The molecule has 216 valence electrons. The van der Waals surface area contributed by atoms with Crippen LogP contribution >= 0.6 is 23.2 Å². The van der Waals surface area contributed by atoms with E-state index in [2.05, 4.69) is 21.2 Å². The minimum Gasteiger partial charge on any atom is -0.484 e. The van der Waals surface area contributed by atoms with E-state index in [0.717, 1.165) is 0 Å². The molecule has 0 aliphatic heterocycles. The summed E-state index contributed by atoms with van der Waals surface area (Å²) in [4.78, 5) is 37.7. The van der Waals surface area contributed by atoms with Crippen LogP contribution in [0.4, 0.5) is 5.69 Å². The molecule has 41 heavy (non-hydrogen) atoms. The fourth-order valence-corrected chi connectivity index (χ4v) is 4.03. The SMILES string of the molecule is CC(C)C[C@H](NC(=O)[C@H](C)Oc1ccc(Cl)cc1Cl)C(=O)N/N=C\c1ccc(OCC(=O)Nc2ccccc2)cc1. The Labute approximate surface area is 249 Å². The van der Waals surface area contributed by atoms with Crippen LogP contribution in [0.1, 0.15) is 32.8 Å². The van der Waals surface area contributed by atoms with Crippen molar-refractivity contribution < 1.29 is 23.9 Å². The predicted octanol–water partition coefficient (Wildman–Crippen LogP) is 5.46. The van der Waals surface area contributed by atoms with E-state index in [1.54, 1.807) is 55.5 Å². The molecule has 0 aliphatic rings. The summed E-state index contributed by atoms with van der Waals surface area (Å²) >= 11 is 12.0. The maximum absolute atomic E-state index is 12.8. The van der Waals surface area contributed by atoms with Crippen LogP contribution < -0.4 is 25.5 Å². The molecule has 11 heteroatoms. The third-order valence-electron chi connectivity index (χ3n) is 5.60. The lowest BCUT2D eigenvalue weighted by molar-refractivity contribution is -0.132. The van der Waals surface area contributed by atoms with Gasteiger partial charge in [-0.15, -0.1) is 0 Å². The lowest BCUT2D eigenvalue weighted by atomic mass is 10.0. The first-order valence-electron chi connectivity index (χ1n) is 12.9. The predicted molar refractivity (Wildman–Crippen MR) is 161 cm³/mol. The van der Waals surface area contributed by atoms with Gasteiger partial charge < -0.3 is 20.1 Å². The fourth-order valence-electron chi connectivity index (χ4n) is 3.57. The molecule has 0 aromatic heterocycles. The van der Waals surface area contributed by atoms with E-state index in [0.29, 0.717) is 34.2 Å². The number of benzene rings is 3. The second-order valence-corrected chi connectivity index (χ2v) is 10.4. The molecule has 3 aromatic carbocycles. The Hall–Kier alpha value is -4.08. The standard InChI is InChI=1S/C30H32Cl2N4O5/c1-19(2)15-26(35-29(38)20(3)41-27-14-11-22(31)16-25(27)32)30(39)36-33-17-21-9-12-24(13-10-21)40-18-28(37)34-23-7-5-4-6-8-23/h4-14,16-17,19-20,26H,15,18H2,1-3H3,(H,34,37)(H,35,38)(H,36,39)/b33-17-/t20-,26-/m0/s1. The van der Waals surface area contributed by atoms with Crippen molar-refractivity contribution in [3.63, 3.8) is 0 Å². The molecule has 9 nitrogen and oxygen atoms in total. The van der Waals surface area contributed by atoms with Crippen molar-refractivity contribution in [3.8, 4) is 11.5 Å². The number of hydrogen-bond donors (Lipinski definition) is 3. The van der Waals surface area contributed by atoms with Gasteiger partial charge in [0, 0.05) is 10.7 Å². The van der Waals surface area contributed by atoms with Crippen molar-refractivity contribution >= 4 is 52.8 Å². The zero-order valence-electron chi connectivity index (χ0n) is 22.9. The number of para-hydroxylation sites is 1. The maximum Gasteiger partial charge on any atom is 0.262 e. The average molecular weight is 600 g/mol. The van der Waals surface area contributed by atoms with Gasteiger partial charge in [0.1, 0.15) is 17.5 Å². The number of nitrogens with zero attached hydrogens (tertiary/aromatic N) is 1. The minimum absolute atomic E-state index is 0.124. The van der Waals surface area contributed by atoms with Crippen molar-refractivity contribution in [1.29, 1.82) is 0 Å². The summed E-state index contributed by atoms with van der Waals surface area (Å²) in [6.45, 7) is 5.31. The van der Waals surface area contributed by atoms with Gasteiger partial charge in [-0.3, -0.25) is 14.4 Å². The molecule has 0 unspecified atom stereocenters. The minimum atomic E-state index is -0.912. The molecule has 3 N–H and O–H groups in total. The third kappa shape index (κ3) is 10.8. The highest BCUT2D eigenvalue weighted by molar-refractivity contribution is 6.35. The summed E-state index contributed by atoms with van der Waals surface area (Å²) in [6, 6.07) is 19.8. The van der Waals surface area contributed by atoms with Crippen LogP contribution in [0.25, 0.3) is 0 Å². The van der Waals surface area contributed by atoms with E-state index in [-0.39, 0.29) is 23.5 Å². The number of nitrogens with one attached hydrogen (secondary N) is 3. The fraction of sp³-hybridized carbons (Fsp3) is 0.267. The Morgan fingerprint density at radius 1 is 0.927 bits per heavy atom. The van der Waals surface area contributed by atoms with Gasteiger partial charge in [-0.25, -0.2) is 5.43 Å². The van der Waals surface area contributed by atoms with Crippen LogP contribution in [0.15, 0.2) is 77.9 Å². The molecule has 0 saturated carbocycles. The first kappa shape index (κ1) is 31.4. The quantitative estimate of drug-likeness (QED) is 0.178. The van der Waals surface area contributed by atoms with Gasteiger partial charge in [-0.1, -0.05) is 55.2 Å². The lowest BCUT2D eigenvalue weighted by Gasteiger charge is -2.22. The van der Waals surface area contributed by atoms with E-state index < -0.39 is 24.0 Å². The van der Waals surface area contributed by atoms with Crippen LogP contribution in [0, 0.1) is 5.92 Å². The number of rotatable bonds is 13. The van der Waals surface area contributed by atoms with Crippen LogP contribution in [0.3, 0.4) is 0 Å². The Bertz CT molecular complexity index is 1350. The van der Waals surface area contributed by atoms with E-state index >= 15 is 0 Å². The topological polar surface area (TPSA) is 118 Å². The number of carbonyl (C=O) groups is 3. The zero-order chi connectivity index (χ0) is 29.8. The van der Waals surface area contributed by atoms with Gasteiger partial charge in [0.25, 0.3) is 17.7 Å². The van der Waals surface area contributed by atoms with E-state index in [4.69, 9.17) is 32.7 Å². The lowest BCUT2D eigenvalue weighted by Crippen LogP contribution is -2.49. The van der Waals surface area contributed by atoms with E-state index in [9.17, 15) is 14.4 Å². The number of hydrazone groups is 1. The Morgan fingerprint density at radius 3 is 2.29 bits per heavy atom. The summed E-state index contributed by atoms with van der Waals surface area (Å²) in [5.41, 5.74) is 3.86. The summed E-state index contributed by atoms with van der Waals surface area (Å²) in [5.74, 6) is -0.287. The average Bonchev–Trinajstić information content (AvgIpc) is 2.94. The number of carbonyl (C=O) groups excluding carboxylic acids is 3. The molecule has 0 radical (unpaired) electrons. The number of hydrogen-bond acceptors (Lipinski definition) is 6. The van der Waals surface area contributed by atoms with Crippen molar-refractivity contribution in [3.05, 3.63) is 88.4 Å². The Morgan fingerprint density at radius 2 is 1.63 bits per heavy atom. The molecule has 2 atom stereocenters. The van der Waals surface area contributed by atoms with E-state index in [1.165, 1.54) is 12.3 Å². The smallest absolute Gasteiger partial charge is 0.262 e. The van der Waals surface area contributed by atoms with Gasteiger partial charge in [0.15, 0.2) is 12.7 Å². The van der Waals surface area contributed by atoms with Gasteiger partial charge in [0.05, 0.1) is 11.2 Å². The zero-order valence-corrected chi connectivity index (χ0v) is 24.4. The van der Waals surface area contributed by atoms with Crippen molar-refractivity contribution in [2.45, 2.75) is 39.3 Å². The highest BCUT2D eigenvalue weighted by Crippen LogP contribution is 2.28. The van der Waals surface area contributed by atoms with Gasteiger partial charge >= 0.3 is 0 Å². The first-order chi connectivity index (χ1) is 19.6. The van der Waals surface area contributed by atoms with Crippen LogP contribution in [-0.4, -0.2) is 42.7 Å². The molecular weight excluding hydrogens is 567 g/mol. The van der Waals surface area contributed by atoms with Gasteiger partial charge in [-0.2, -0.15) is 5.10 Å². The van der Waals surface area contributed by atoms with Crippen molar-refractivity contribution in [1.82, 2.24) is 10.7 Å². The van der Waals surface area contributed by atoms with E-state index in [1.807, 2.05) is 32.0 Å². The number of anilines is 1. The first-order valence-corrected chi connectivity index (χ1v) is 13.7. The van der Waals surface area contributed by atoms with Crippen molar-refractivity contribution in [2.75, 3.05) is 11.9 Å². The number of halogens is 2. The molecule has 3 aromatic rings. The second kappa shape index (κ2) is 15.6. The monoisotopic (exact) mass is 598 g/mol. The Balaban J connectivity index is 1.49. The number of amides is 3. The highest BCUT2D eigenvalue weighted by Gasteiger charge is 2.25. The Kier molecular flexibility index (Phi) is 12.0. The molecule has 0 aliphatic carbocycles. The molecular formula is C30H32Cl2N4O5. The van der Waals surface area contributed by atoms with Crippen LogP contribution in [0.5, 0.6) is 11.5 Å². The van der Waals surface area contributed by atoms with Gasteiger partial charge in [-0.05, 0) is 79.4 Å². The summed E-state index contributed by atoms with van der Waals surface area (Å²) in [7, 11) is 0. The normalized spacial score (nSPS) is 12.4. The van der Waals surface area contributed by atoms with Crippen LogP contribution in [0.2, 0.25) is 10.0 Å².